The molecule has 2 heterocycles. The van der Waals surface area contributed by atoms with Crippen LogP contribution in [0.4, 0.5) is 5.95 Å². The number of hydrogen-bond donors (Lipinski definition) is 1. The Balaban J connectivity index is 1.49. The van der Waals surface area contributed by atoms with Gasteiger partial charge in [-0.15, -0.1) is 0 Å². The molecule has 0 atom stereocenters. The average Bonchev–Trinajstić information content (AvgIpc) is 3.19. The van der Waals surface area contributed by atoms with Gasteiger partial charge in [-0.1, -0.05) is 62.1 Å². The van der Waals surface area contributed by atoms with Gasteiger partial charge in [0.1, 0.15) is 12.5 Å². The summed E-state index contributed by atoms with van der Waals surface area (Å²) < 4.78 is 8.40. The van der Waals surface area contributed by atoms with Gasteiger partial charge >= 0.3 is 0 Å². The van der Waals surface area contributed by atoms with Crippen molar-refractivity contribution < 1.29 is 9.84 Å². The van der Waals surface area contributed by atoms with Crippen LogP contribution in [0.3, 0.4) is 0 Å². The van der Waals surface area contributed by atoms with Crippen LogP contribution in [0.2, 0.25) is 25.7 Å². The average molecular weight is 472 g/mol. The molecule has 0 spiro atoms. The van der Waals surface area contributed by atoms with E-state index in [1.807, 2.05) is 18.2 Å². The second kappa shape index (κ2) is 9.28. The van der Waals surface area contributed by atoms with Crippen LogP contribution in [0.5, 0.6) is 5.75 Å². The van der Waals surface area contributed by atoms with Crippen LogP contribution in [-0.2, 0) is 24.4 Å². The highest BCUT2D eigenvalue weighted by Gasteiger charge is 2.23. The number of nitrogens with zero attached hydrogens (tertiary/aromatic N) is 3. The molecule has 0 bridgehead atoms. The van der Waals surface area contributed by atoms with E-state index in [2.05, 4.69) is 71.6 Å². The maximum atomic E-state index is 10.0. The zero-order chi connectivity index (χ0) is 23.7. The first-order valence-corrected chi connectivity index (χ1v) is 15.8. The number of hydrogen-bond acceptors (Lipinski definition) is 4. The molecule has 5 nitrogen and oxygen atoms in total. The third-order valence-corrected chi connectivity index (χ3v) is 8.24. The lowest BCUT2D eigenvalue weighted by Gasteiger charge is -2.30. The van der Waals surface area contributed by atoms with Crippen molar-refractivity contribution in [1.29, 1.82) is 0 Å². The van der Waals surface area contributed by atoms with Crippen LogP contribution in [0, 0.1) is 0 Å². The molecule has 0 aliphatic carbocycles. The van der Waals surface area contributed by atoms with Crippen molar-refractivity contribution in [1.82, 2.24) is 9.55 Å². The number of phenolic OH excluding ortho intramolecular Hbond substituents is 1. The van der Waals surface area contributed by atoms with E-state index >= 15 is 0 Å². The molecule has 176 valence electrons. The molecule has 3 aromatic carbocycles. The minimum Gasteiger partial charge on any atom is -0.508 e. The monoisotopic (exact) mass is 471 g/mol. The Hall–Kier alpha value is -3.09. The van der Waals surface area contributed by atoms with Crippen LogP contribution in [0.1, 0.15) is 11.1 Å². The molecule has 0 amide bonds. The van der Waals surface area contributed by atoms with Gasteiger partial charge < -0.3 is 14.7 Å². The summed E-state index contributed by atoms with van der Waals surface area (Å²) in [6, 6.07) is 23.8. The minimum atomic E-state index is -1.15. The van der Waals surface area contributed by atoms with Crippen molar-refractivity contribution in [3.63, 3.8) is 0 Å². The lowest BCUT2D eigenvalue weighted by molar-refractivity contribution is 0.0905. The van der Waals surface area contributed by atoms with Gasteiger partial charge in [-0.3, -0.25) is 4.57 Å². The van der Waals surface area contributed by atoms with E-state index in [1.165, 1.54) is 11.1 Å². The van der Waals surface area contributed by atoms with Crippen LogP contribution in [0.15, 0.2) is 66.7 Å². The number of benzene rings is 3. The molecular weight excluding hydrogens is 438 g/mol. The normalized spacial score (nSPS) is 13.9. The summed E-state index contributed by atoms with van der Waals surface area (Å²) in [7, 11) is -1.15. The number of aromatic hydroxyl groups is 1. The van der Waals surface area contributed by atoms with Crippen molar-refractivity contribution in [3.8, 4) is 16.9 Å². The maximum absolute atomic E-state index is 10.0. The second-order valence-corrected chi connectivity index (χ2v) is 16.0. The number of rotatable bonds is 7. The molecule has 1 N–H and O–H groups in total. The molecule has 0 radical (unpaired) electrons. The first kappa shape index (κ1) is 22.7. The van der Waals surface area contributed by atoms with Crippen LogP contribution in [-0.4, -0.2) is 35.9 Å². The predicted molar refractivity (Wildman–Crippen MR) is 142 cm³/mol. The summed E-state index contributed by atoms with van der Waals surface area (Å²) in [6.07, 6.45) is 0.935. The molecule has 6 heteroatoms. The molecular formula is C28H33N3O2Si. The summed E-state index contributed by atoms with van der Waals surface area (Å²) >= 11 is 0. The van der Waals surface area contributed by atoms with Gasteiger partial charge in [0.15, 0.2) is 0 Å². The summed E-state index contributed by atoms with van der Waals surface area (Å²) in [5.74, 6) is 1.25. The maximum Gasteiger partial charge on any atom is 0.208 e. The van der Waals surface area contributed by atoms with E-state index in [-0.39, 0.29) is 0 Å². The Labute approximate surface area is 202 Å². The number of anilines is 1. The van der Waals surface area contributed by atoms with Gasteiger partial charge in [-0.25, -0.2) is 4.98 Å². The van der Waals surface area contributed by atoms with Crippen LogP contribution >= 0.6 is 0 Å². The fraction of sp³-hybridized carbons (Fsp3) is 0.321. The summed E-state index contributed by atoms with van der Waals surface area (Å²) in [5.41, 5.74) is 6.88. The molecule has 1 aliphatic rings. The SMILES string of the molecule is C[Si](C)(C)CCOCn1c(N2CCc3ccc(O)cc3C2)nc2cc(-c3ccccc3)ccc21. The van der Waals surface area contributed by atoms with Crippen molar-refractivity contribution in [2.24, 2.45) is 0 Å². The molecule has 0 saturated heterocycles. The highest BCUT2D eigenvalue weighted by Crippen LogP contribution is 2.31. The van der Waals surface area contributed by atoms with Crippen molar-refractivity contribution in [3.05, 3.63) is 77.9 Å². The lowest BCUT2D eigenvalue weighted by Crippen LogP contribution is -2.32. The third kappa shape index (κ3) is 4.88. The fourth-order valence-corrected chi connectivity index (χ4v) is 5.30. The Morgan fingerprint density at radius 2 is 1.76 bits per heavy atom. The van der Waals surface area contributed by atoms with E-state index in [0.717, 1.165) is 60.3 Å². The fourth-order valence-electron chi connectivity index (χ4n) is 4.54. The van der Waals surface area contributed by atoms with Crippen molar-refractivity contribution >= 4 is 25.1 Å². The Morgan fingerprint density at radius 1 is 0.941 bits per heavy atom. The minimum absolute atomic E-state index is 0.316. The first-order chi connectivity index (χ1) is 16.4. The number of aromatic nitrogens is 2. The van der Waals surface area contributed by atoms with Gasteiger partial charge in [0.05, 0.1) is 11.0 Å². The Morgan fingerprint density at radius 3 is 2.56 bits per heavy atom. The highest BCUT2D eigenvalue weighted by atomic mass is 28.3. The molecule has 0 fully saturated rings. The number of fused-ring (bicyclic) bond motifs is 2. The van der Waals surface area contributed by atoms with Gasteiger partial charge in [0, 0.05) is 27.8 Å². The quantitative estimate of drug-likeness (QED) is 0.254. The van der Waals surface area contributed by atoms with Crippen LogP contribution in [0.25, 0.3) is 22.2 Å². The summed E-state index contributed by atoms with van der Waals surface area (Å²) in [6.45, 7) is 10.0. The molecule has 1 aromatic heterocycles. The number of ether oxygens (including phenoxy) is 1. The Bertz CT molecular complexity index is 1290. The van der Waals surface area contributed by atoms with E-state index < -0.39 is 8.07 Å². The van der Waals surface area contributed by atoms with Gasteiger partial charge in [-0.05, 0) is 59.0 Å². The standard InChI is InChI=1S/C28H33N3O2Si/c1-34(2,3)16-15-33-20-31-27-12-10-23(21-7-5-4-6-8-21)18-26(27)29-28(31)30-14-13-22-9-11-25(32)17-24(22)19-30/h4-12,17-18,32H,13-16,19-20H2,1-3H3. The largest absolute Gasteiger partial charge is 0.508 e. The molecule has 1 aliphatic heterocycles. The summed E-state index contributed by atoms with van der Waals surface area (Å²) in [5, 5.41) is 10.0. The van der Waals surface area contributed by atoms with E-state index in [0.29, 0.717) is 12.5 Å². The van der Waals surface area contributed by atoms with E-state index in [4.69, 9.17) is 9.72 Å². The molecule has 5 rings (SSSR count). The van der Waals surface area contributed by atoms with Gasteiger partial charge in [-0.2, -0.15) is 0 Å². The molecule has 0 saturated carbocycles. The zero-order valence-corrected chi connectivity index (χ0v) is 21.3. The van der Waals surface area contributed by atoms with Crippen molar-refractivity contribution in [2.45, 2.75) is 45.4 Å². The Kier molecular flexibility index (Phi) is 6.19. The zero-order valence-electron chi connectivity index (χ0n) is 20.3. The smallest absolute Gasteiger partial charge is 0.208 e. The predicted octanol–water partition coefficient (Wildman–Crippen LogP) is 6.28. The van der Waals surface area contributed by atoms with Crippen molar-refractivity contribution in [2.75, 3.05) is 18.1 Å². The molecule has 34 heavy (non-hydrogen) atoms. The number of imidazole rings is 1. The van der Waals surface area contributed by atoms with Gasteiger partial charge in [0.25, 0.3) is 0 Å². The lowest BCUT2D eigenvalue weighted by atomic mass is 10.00. The van der Waals surface area contributed by atoms with E-state index in [1.54, 1.807) is 6.07 Å². The van der Waals surface area contributed by atoms with Gasteiger partial charge in [0.2, 0.25) is 5.95 Å². The van der Waals surface area contributed by atoms with Crippen LogP contribution < -0.4 is 4.90 Å². The second-order valence-electron chi connectivity index (χ2n) is 10.4. The highest BCUT2D eigenvalue weighted by molar-refractivity contribution is 6.76. The van der Waals surface area contributed by atoms with E-state index in [9.17, 15) is 5.11 Å². The third-order valence-electron chi connectivity index (χ3n) is 6.54. The number of phenols is 1. The molecule has 0 unspecified atom stereocenters. The topological polar surface area (TPSA) is 50.5 Å². The first-order valence-electron chi connectivity index (χ1n) is 12.1. The molecule has 4 aromatic rings. The summed E-state index contributed by atoms with van der Waals surface area (Å²) in [4.78, 5) is 7.41.